The molecule has 1 fully saturated rings. The third-order valence-corrected chi connectivity index (χ3v) is 5.25. The van der Waals surface area contributed by atoms with Crippen molar-refractivity contribution in [2.45, 2.75) is 30.7 Å². The first-order valence-electron chi connectivity index (χ1n) is 9.60. The molecule has 2 aromatic carbocycles. The maximum absolute atomic E-state index is 12.9. The highest BCUT2D eigenvalue weighted by molar-refractivity contribution is 5.82. The molecule has 9 nitrogen and oxygen atoms in total. The molecule has 164 valence electrons. The van der Waals surface area contributed by atoms with E-state index < -0.39 is 37.3 Å². The number of hydrogen-bond donors (Lipinski definition) is 4. The first-order valence-corrected chi connectivity index (χ1v) is 9.60. The Morgan fingerprint density at radius 1 is 0.968 bits per heavy atom. The van der Waals surface area contributed by atoms with Gasteiger partial charge in [0.05, 0.1) is 24.7 Å². The quantitative estimate of drug-likeness (QED) is 0.459. The Morgan fingerprint density at radius 2 is 1.68 bits per heavy atom. The molecule has 0 bridgehead atoms. The summed E-state index contributed by atoms with van der Waals surface area (Å²) < 4.78 is 21.7. The van der Waals surface area contributed by atoms with Crippen molar-refractivity contribution in [2.24, 2.45) is 0 Å². The summed E-state index contributed by atoms with van der Waals surface area (Å²) in [6.07, 6.45) is -5.65. The highest BCUT2D eigenvalue weighted by atomic mass is 16.7. The summed E-state index contributed by atoms with van der Waals surface area (Å²) in [5.74, 6) is 0.876. The first kappa shape index (κ1) is 21.3. The molecule has 0 amide bonds. The van der Waals surface area contributed by atoms with Crippen molar-refractivity contribution in [1.29, 1.82) is 0 Å². The molecule has 0 spiro atoms. The van der Waals surface area contributed by atoms with Gasteiger partial charge in [-0.05, 0) is 29.8 Å². The summed E-state index contributed by atoms with van der Waals surface area (Å²) in [4.78, 5) is 12.9. The van der Waals surface area contributed by atoms with Crippen LogP contribution in [-0.2, 0) is 4.74 Å². The van der Waals surface area contributed by atoms with Gasteiger partial charge in [-0.15, -0.1) is 0 Å². The number of methoxy groups -OCH3 is 1. The minimum atomic E-state index is -1.55. The Hall–Kier alpha value is -2.95. The van der Waals surface area contributed by atoms with E-state index in [4.69, 9.17) is 18.6 Å². The van der Waals surface area contributed by atoms with Crippen molar-refractivity contribution < 1.29 is 39.1 Å². The summed E-state index contributed by atoms with van der Waals surface area (Å²) in [7, 11) is 1.56. The molecular weight excluding hydrogens is 408 g/mol. The van der Waals surface area contributed by atoms with E-state index in [1.54, 1.807) is 31.4 Å². The zero-order valence-electron chi connectivity index (χ0n) is 16.5. The standard InChI is InChI=1S/C22H22O9/c1-28-12-4-2-11(3-5-12)15-10-29-16-8-13(6-7-14(16)18(15)24)30-22-21(27)20(26)19(25)17(9-23)31-22/h2-8,10,17,19-23,25-27H,9H2,1H3/t17-,19+,20-,21-,22-/m0/s1. The predicted molar refractivity (Wildman–Crippen MR) is 109 cm³/mol. The fraction of sp³-hybridized carbons (Fsp3) is 0.318. The molecule has 2 heterocycles. The van der Waals surface area contributed by atoms with Gasteiger partial charge < -0.3 is 39.1 Å². The summed E-state index contributed by atoms with van der Waals surface area (Å²) in [6, 6.07) is 11.5. The van der Waals surface area contributed by atoms with Crippen LogP contribution < -0.4 is 14.9 Å². The summed E-state index contributed by atoms with van der Waals surface area (Å²) in [6.45, 7) is -0.564. The van der Waals surface area contributed by atoms with E-state index in [2.05, 4.69) is 0 Å². The molecule has 1 aliphatic heterocycles. The van der Waals surface area contributed by atoms with Gasteiger partial charge in [-0.3, -0.25) is 4.79 Å². The average Bonchev–Trinajstić information content (AvgIpc) is 2.80. The Labute approximate surface area is 176 Å². The number of fused-ring (bicyclic) bond motifs is 1. The zero-order chi connectivity index (χ0) is 22.1. The topological polar surface area (TPSA) is 139 Å². The molecule has 4 N–H and O–H groups in total. The maximum atomic E-state index is 12.9. The minimum Gasteiger partial charge on any atom is -0.497 e. The fourth-order valence-corrected chi connectivity index (χ4v) is 3.45. The molecule has 1 aromatic heterocycles. The molecular formula is C22H22O9. The van der Waals surface area contributed by atoms with E-state index in [0.29, 0.717) is 22.3 Å². The van der Waals surface area contributed by atoms with Crippen LogP contribution in [0.3, 0.4) is 0 Å². The van der Waals surface area contributed by atoms with Gasteiger partial charge in [0.1, 0.15) is 47.8 Å². The van der Waals surface area contributed by atoms with Crippen molar-refractivity contribution in [3.05, 3.63) is 59.0 Å². The highest BCUT2D eigenvalue weighted by Gasteiger charge is 2.44. The van der Waals surface area contributed by atoms with Crippen LogP contribution in [0.5, 0.6) is 11.5 Å². The van der Waals surface area contributed by atoms with Crippen molar-refractivity contribution >= 4 is 11.0 Å². The summed E-state index contributed by atoms with van der Waals surface area (Å²) in [5.41, 5.74) is 1.09. The SMILES string of the molecule is COc1ccc(-c2coc3cc(O[C@H]4O[C@@H](CO)[C@@H](O)[C@H](O)[C@@H]4O)ccc3c2=O)cc1. The second-order valence-electron chi connectivity index (χ2n) is 7.18. The van der Waals surface area contributed by atoms with E-state index >= 15 is 0 Å². The van der Waals surface area contributed by atoms with Gasteiger partial charge in [0.25, 0.3) is 0 Å². The molecule has 0 radical (unpaired) electrons. The van der Waals surface area contributed by atoms with E-state index in [1.807, 2.05) is 0 Å². The van der Waals surface area contributed by atoms with Crippen molar-refractivity contribution in [3.8, 4) is 22.6 Å². The Balaban J connectivity index is 1.61. The van der Waals surface area contributed by atoms with Crippen LogP contribution in [0.4, 0.5) is 0 Å². The lowest BCUT2D eigenvalue weighted by Crippen LogP contribution is -2.60. The van der Waals surface area contributed by atoms with Crippen LogP contribution in [0.25, 0.3) is 22.1 Å². The molecule has 31 heavy (non-hydrogen) atoms. The van der Waals surface area contributed by atoms with E-state index in [-0.39, 0.29) is 16.8 Å². The monoisotopic (exact) mass is 430 g/mol. The van der Waals surface area contributed by atoms with E-state index in [0.717, 1.165) is 0 Å². The van der Waals surface area contributed by atoms with Gasteiger partial charge in [-0.1, -0.05) is 12.1 Å². The third-order valence-electron chi connectivity index (χ3n) is 5.25. The molecule has 1 aliphatic rings. The van der Waals surface area contributed by atoms with Crippen LogP contribution in [0.1, 0.15) is 0 Å². The number of hydrogen-bond acceptors (Lipinski definition) is 9. The molecule has 9 heteroatoms. The lowest BCUT2D eigenvalue weighted by atomic mass is 9.99. The molecule has 4 rings (SSSR count). The van der Waals surface area contributed by atoms with Gasteiger partial charge in [0.2, 0.25) is 6.29 Å². The first-order chi connectivity index (χ1) is 14.9. The van der Waals surface area contributed by atoms with Gasteiger partial charge in [-0.2, -0.15) is 0 Å². The predicted octanol–water partition coefficient (Wildman–Crippen LogP) is 0.647. The summed E-state index contributed by atoms with van der Waals surface area (Å²) >= 11 is 0. The van der Waals surface area contributed by atoms with Crippen LogP contribution in [0, 0.1) is 0 Å². The Kier molecular flexibility index (Phi) is 5.94. The number of aliphatic hydroxyl groups is 4. The van der Waals surface area contributed by atoms with Gasteiger partial charge in [0, 0.05) is 6.07 Å². The van der Waals surface area contributed by atoms with E-state index in [9.17, 15) is 25.2 Å². The molecule has 5 atom stereocenters. The Morgan fingerprint density at radius 3 is 2.35 bits per heavy atom. The molecule has 1 saturated heterocycles. The van der Waals surface area contributed by atoms with Gasteiger partial charge in [0.15, 0.2) is 5.43 Å². The second kappa shape index (κ2) is 8.66. The normalized spacial score (nSPS) is 26.0. The lowest BCUT2D eigenvalue weighted by Gasteiger charge is -2.39. The van der Waals surface area contributed by atoms with Crippen LogP contribution >= 0.6 is 0 Å². The minimum absolute atomic E-state index is 0.206. The molecule has 0 aliphatic carbocycles. The van der Waals surface area contributed by atoms with Crippen LogP contribution in [-0.4, -0.2) is 64.8 Å². The van der Waals surface area contributed by atoms with Crippen molar-refractivity contribution in [1.82, 2.24) is 0 Å². The number of rotatable bonds is 5. The third kappa shape index (κ3) is 4.01. The zero-order valence-corrected chi connectivity index (χ0v) is 16.5. The maximum Gasteiger partial charge on any atom is 0.229 e. The highest BCUT2D eigenvalue weighted by Crippen LogP contribution is 2.28. The largest absolute Gasteiger partial charge is 0.497 e. The average molecular weight is 430 g/mol. The van der Waals surface area contributed by atoms with Crippen LogP contribution in [0.15, 0.2) is 57.9 Å². The molecule has 3 aromatic rings. The molecule has 0 unspecified atom stereocenters. The molecule has 0 saturated carbocycles. The lowest BCUT2D eigenvalue weighted by molar-refractivity contribution is -0.277. The Bertz CT molecular complexity index is 1110. The summed E-state index contributed by atoms with van der Waals surface area (Å²) in [5, 5.41) is 39.5. The number of aliphatic hydroxyl groups excluding tert-OH is 4. The van der Waals surface area contributed by atoms with Crippen molar-refractivity contribution in [2.75, 3.05) is 13.7 Å². The van der Waals surface area contributed by atoms with Crippen LogP contribution in [0.2, 0.25) is 0 Å². The fourth-order valence-electron chi connectivity index (χ4n) is 3.45. The number of ether oxygens (including phenoxy) is 3. The van der Waals surface area contributed by atoms with Crippen molar-refractivity contribution in [3.63, 3.8) is 0 Å². The van der Waals surface area contributed by atoms with E-state index in [1.165, 1.54) is 24.5 Å². The van der Waals surface area contributed by atoms with Gasteiger partial charge in [-0.25, -0.2) is 0 Å². The second-order valence-corrected chi connectivity index (χ2v) is 7.18. The van der Waals surface area contributed by atoms with Gasteiger partial charge >= 0.3 is 0 Å². The number of benzene rings is 2. The smallest absolute Gasteiger partial charge is 0.229 e.